The number of benzene rings is 5. The highest BCUT2D eigenvalue weighted by atomic mass is 79.9. The highest BCUT2D eigenvalue weighted by molar-refractivity contribution is 9.10. The second-order valence-corrected chi connectivity index (χ2v) is 13.4. The zero-order chi connectivity index (χ0) is 30.2. The fraction of sp³-hybridized carbons (Fsp3) is 0.231. The number of ether oxygens (including phenoxy) is 1. The minimum atomic E-state index is 0.0683. The van der Waals surface area contributed by atoms with Gasteiger partial charge in [-0.2, -0.15) is 0 Å². The number of anilines is 3. The van der Waals surface area contributed by atoms with Crippen molar-refractivity contribution < 1.29 is 4.74 Å². The molecule has 216 valence electrons. The second kappa shape index (κ2) is 12.1. The van der Waals surface area contributed by atoms with Crippen LogP contribution in [0.2, 0.25) is 0 Å². The summed E-state index contributed by atoms with van der Waals surface area (Å²) >= 11 is 3.72. The average molecular weight is 628 g/mol. The molecule has 0 fully saturated rings. The Morgan fingerprint density at radius 2 is 1.07 bits per heavy atom. The molecule has 1 aliphatic rings. The van der Waals surface area contributed by atoms with Gasteiger partial charge in [0.25, 0.3) is 6.71 Å². The predicted octanol–water partition coefficient (Wildman–Crippen LogP) is 9.91. The topological polar surface area (TPSA) is 12.5 Å². The lowest BCUT2D eigenvalue weighted by atomic mass is 9.34. The summed E-state index contributed by atoms with van der Waals surface area (Å²) in [5.74, 6) is 3.07. The highest BCUT2D eigenvalue weighted by Gasteiger charge is 2.37. The van der Waals surface area contributed by atoms with Crippen molar-refractivity contribution in [2.24, 2.45) is 0 Å². The van der Waals surface area contributed by atoms with Crippen LogP contribution < -0.4 is 26.0 Å². The normalized spacial score (nSPS) is 12.4. The zero-order valence-electron chi connectivity index (χ0n) is 25.9. The lowest BCUT2D eigenvalue weighted by Gasteiger charge is -2.33. The van der Waals surface area contributed by atoms with Crippen LogP contribution in [-0.4, -0.2) is 6.71 Å². The molecule has 1 aliphatic heterocycles. The first-order chi connectivity index (χ1) is 20.7. The summed E-state index contributed by atoms with van der Waals surface area (Å²) in [6, 6.07) is 39.3. The maximum Gasteiger partial charge on any atom is 0.251 e. The van der Waals surface area contributed by atoms with E-state index in [4.69, 9.17) is 4.74 Å². The molecule has 1 heterocycles. The Kier molecular flexibility index (Phi) is 8.24. The minimum absolute atomic E-state index is 0.0683. The van der Waals surface area contributed by atoms with E-state index in [2.05, 4.69) is 172 Å². The van der Waals surface area contributed by atoms with Crippen LogP contribution in [0.1, 0.15) is 76.0 Å². The van der Waals surface area contributed by atoms with Gasteiger partial charge in [0, 0.05) is 27.6 Å². The lowest BCUT2D eigenvalue weighted by molar-refractivity contribution is 0.487. The molecular weight excluding hydrogens is 589 g/mol. The number of hydrogen-bond donors (Lipinski definition) is 0. The van der Waals surface area contributed by atoms with Gasteiger partial charge in [-0.3, -0.25) is 0 Å². The largest absolute Gasteiger partial charge is 0.458 e. The van der Waals surface area contributed by atoms with Gasteiger partial charge in [0.1, 0.15) is 11.5 Å². The molecule has 43 heavy (non-hydrogen) atoms. The van der Waals surface area contributed by atoms with Crippen LogP contribution in [-0.2, 0) is 0 Å². The van der Waals surface area contributed by atoms with Crippen molar-refractivity contribution in [1.29, 1.82) is 0 Å². The maximum atomic E-state index is 6.78. The van der Waals surface area contributed by atoms with Gasteiger partial charge in [-0.05, 0) is 87.8 Å². The van der Waals surface area contributed by atoms with Gasteiger partial charge in [0.15, 0.2) is 0 Å². The summed E-state index contributed by atoms with van der Waals surface area (Å²) in [6.45, 7) is 14.0. The van der Waals surface area contributed by atoms with Gasteiger partial charge in [-0.15, -0.1) is 0 Å². The van der Waals surface area contributed by atoms with E-state index in [1.54, 1.807) is 0 Å². The van der Waals surface area contributed by atoms with Crippen LogP contribution in [0, 0.1) is 0 Å². The fourth-order valence-electron chi connectivity index (χ4n) is 6.37. The monoisotopic (exact) mass is 627 g/mol. The van der Waals surface area contributed by atoms with E-state index >= 15 is 0 Å². The first kappa shape index (κ1) is 29.3. The third kappa shape index (κ3) is 5.66. The lowest BCUT2D eigenvalue weighted by Crippen LogP contribution is -2.57. The number of halogens is 1. The maximum absolute atomic E-state index is 6.78. The molecule has 0 amide bonds. The average Bonchev–Trinajstić information content (AvgIpc) is 3.00. The summed E-state index contributed by atoms with van der Waals surface area (Å²) in [4.78, 5) is 2.30. The minimum Gasteiger partial charge on any atom is -0.458 e. The van der Waals surface area contributed by atoms with Crippen LogP contribution in [0.4, 0.5) is 17.1 Å². The quantitative estimate of drug-likeness (QED) is 0.163. The van der Waals surface area contributed by atoms with Gasteiger partial charge >= 0.3 is 0 Å². The van der Waals surface area contributed by atoms with E-state index < -0.39 is 0 Å². The molecule has 2 nitrogen and oxygen atoms in total. The van der Waals surface area contributed by atoms with Crippen molar-refractivity contribution >= 4 is 56.1 Å². The van der Waals surface area contributed by atoms with E-state index in [9.17, 15) is 0 Å². The number of hydrogen-bond acceptors (Lipinski definition) is 2. The van der Waals surface area contributed by atoms with E-state index in [1.807, 2.05) is 0 Å². The number of para-hydroxylation sites is 2. The summed E-state index contributed by atoms with van der Waals surface area (Å²) in [7, 11) is 0. The molecule has 5 aromatic carbocycles. The fourth-order valence-corrected chi connectivity index (χ4v) is 6.71. The number of nitrogens with zero attached hydrogens (tertiary/aromatic N) is 1. The summed E-state index contributed by atoms with van der Waals surface area (Å²) in [6.07, 6.45) is 0. The number of fused-ring (bicyclic) bond motifs is 2. The van der Waals surface area contributed by atoms with Gasteiger partial charge in [0.05, 0.1) is 0 Å². The van der Waals surface area contributed by atoms with E-state index in [0.717, 1.165) is 33.0 Å². The first-order valence-electron chi connectivity index (χ1n) is 15.4. The Balaban J connectivity index is 1.60. The Labute approximate surface area is 266 Å². The predicted molar refractivity (Wildman–Crippen MR) is 189 cm³/mol. The third-order valence-electron chi connectivity index (χ3n) is 8.57. The van der Waals surface area contributed by atoms with Gasteiger partial charge in [0.2, 0.25) is 0 Å². The number of rotatable bonds is 7. The van der Waals surface area contributed by atoms with Crippen molar-refractivity contribution in [3.63, 3.8) is 0 Å². The molecule has 0 spiro atoms. The Hall–Kier alpha value is -3.76. The van der Waals surface area contributed by atoms with Crippen molar-refractivity contribution in [2.75, 3.05) is 4.90 Å². The second-order valence-electron chi connectivity index (χ2n) is 12.5. The molecule has 0 aliphatic carbocycles. The van der Waals surface area contributed by atoms with Crippen LogP contribution in [0.15, 0.2) is 114 Å². The SMILES string of the molecule is CC(C)c1cc(C(C)C)c(B2c3ccc(Br)cc3Oc3cc(N(c4ccccc4)c4ccccc4)ccc32)c(C(C)C)c1. The molecule has 0 aromatic heterocycles. The van der Waals surface area contributed by atoms with E-state index in [0.29, 0.717) is 17.8 Å². The van der Waals surface area contributed by atoms with Crippen molar-refractivity contribution in [3.8, 4) is 11.5 Å². The summed E-state index contributed by atoms with van der Waals surface area (Å²) in [5.41, 5.74) is 11.4. The molecule has 0 N–H and O–H groups in total. The molecule has 0 bridgehead atoms. The molecule has 4 heteroatoms. The smallest absolute Gasteiger partial charge is 0.251 e. The van der Waals surface area contributed by atoms with Crippen molar-refractivity contribution in [1.82, 2.24) is 0 Å². The molecule has 5 aromatic rings. The molecular formula is C39H39BBrNO. The molecule has 0 saturated carbocycles. The van der Waals surface area contributed by atoms with Crippen LogP contribution >= 0.6 is 15.9 Å². The van der Waals surface area contributed by atoms with Crippen LogP contribution in [0.25, 0.3) is 0 Å². The molecule has 0 atom stereocenters. The third-order valence-corrected chi connectivity index (χ3v) is 9.06. The van der Waals surface area contributed by atoms with Crippen molar-refractivity contribution in [3.05, 3.63) is 130 Å². The Bertz CT molecular complexity index is 1680. The summed E-state index contributed by atoms with van der Waals surface area (Å²) < 4.78 is 7.80. The molecule has 0 radical (unpaired) electrons. The van der Waals surface area contributed by atoms with Crippen molar-refractivity contribution in [2.45, 2.75) is 59.3 Å². The van der Waals surface area contributed by atoms with Gasteiger partial charge in [-0.25, -0.2) is 0 Å². The Morgan fingerprint density at radius 1 is 0.558 bits per heavy atom. The summed E-state index contributed by atoms with van der Waals surface area (Å²) in [5, 5.41) is 0. The molecule has 0 unspecified atom stereocenters. The van der Waals surface area contributed by atoms with Gasteiger partial charge < -0.3 is 9.64 Å². The molecule has 0 saturated heterocycles. The standard InChI is InChI=1S/C39H39BBrNO/c1-25(2)28-21-33(26(3)4)39(34(22-28)27(5)6)40-35-19-17-29(41)23-37(35)43-38-24-32(18-20-36(38)40)42(30-13-9-7-10-14-30)31-15-11-8-12-16-31/h7-27H,1-6H3. The van der Waals surface area contributed by atoms with Crippen LogP contribution in [0.5, 0.6) is 11.5 Å². The van der Waals surface area contributed by atoms with E-state index in [-0.39, 0.29) is 6.71 Å². The zero-order valence-corrected chi connectivity index (χ0v) is 27.5. The van der Waals surface area contributed by atoms with E-state index in [1.165, 1.54) is 33.1 Å². The Morgan fingerprint density at radius 3 is 1.58 bits per heavy atom. The highest BCUT2D eigenvalue weighted by Crippen LogP contribution is 2.38. The van der Waals surface area contributed by atoms with Gasteiger partial charge in [-0.1, -0.05) is 124 Å². The van der Waals surface area contributed by atoms with Crippen LogP contribution in [0.3, 0.4) is 0 Å². The first-order valence-corrected chi connectivity index (χ1v) is 16.2. The molecule has 6 rings (SSSR count).